The van der Waals surface area contributed by atoms with Crippen LogP contribution in [0.3, 0.4) is 0 Å². The largest absolute Gasteiger partial charge is 0.0859 e. The maximum Gasteiger partial charge on any atom is -0.0323 e. The second-order valence-corrected chi connectivity index (χ2v) is 2.77. The molecule has 0 saturated carbocycles. The number of rotatable bonds is 5. The summed E-state index contributed by atoms with van der Waals surface area (Å²) >= 11 is 0. The molecule has 0 nitrogen and oxygen atoms in total. The van der Waals surface area contributed by atoms with Crippen LogP contribution < -0.4 is 0 Å². The average Bonchev–Trinajstić information content (AvgIpc) is 1.89. The maximum absolute atomic E-state index is 3.81. The zero-order valence-electron chi connectivity index (χ0n) is 7.32. The van der Waals surface area contributed by atoms with Gasteiger partial charge < -0.3 is 0 Å². The Morgan fingerprint density at radius 1 is 1.40 bits per heavy atom. The van der Waals surface area contributed by atoms with Gasteiger partial charge in [-0.25, -0.2) is 0 Å². The van der Waals surface area contributed by atoms with Gasteiger partial charge in [-0.1, -0.05) is 38.3 Å². The van der Waals surface area contributed by atoms with Crippen LogP contribution >= 0.6 is 0 Å². The third-order valence-corrected chi connectivity index (χ3v) is 1.62. The summed E-state index contributed by atoms with van der Waals surface area (Å²) in [5, 5.41) is 0. The van der Waals surface area contributed by atoms with Crippen LogP contribution in [0.25, 0.3) is 0 Å². The van der Waals surface area contributed by atoms with Crippen LogP contribution in [0.1, 0.15) is 46.0 Å². The first-order chi connectivity index (χ1) is 4.81. The van der Waals surface area contributed by atoms with Crippen molar-refractivity contribution in [3.63, 3.8) is 0 Å². The molecule has 0 atom stereocenters. The molecule has 0 fully saturated rings. The highest BCUT2D eigenvalue weighted by Gasteiger charge is 1.87. The summed E-state index contributed by atoms with van der Waals surface area (Å²) in [5.74, 6) is 0. The van der Waals surface area contributed by atoms with Crippen LogP contribution in [0.4, 0.5) is 0 Å². The van der Waals surface area contributed by atoms with Crippen LogP contribution in [-0.2, 0) is 0 Å². The molecule has 0 aromatic carbocycles. The number of allylic oxidation sites excluding steroid dienone is 2. The van der Waals surface area contributed by atoms with E-state index in [0.717, 1.165) is 6.42 Å². The first-order valence-corrected chi connectivity index (χ1v) is 4.26. The van der Waals surface area contributed by atoms with E-state index >= 15 is 0 Å². The third kappa shape index (κ3) is 5.87. The lowest BCUT2D eigenvalue weighted by atomic mass is 10.1. The number of unbranched alkanes of at least 4 members (excludes halogenated alkanes) is 2. The first-order valence-electron chi connectivity index (χ1n) is 4.26. The molecular weight excluding hydrogens is 120 g/mol. The molecule has 0 N–H and O–H groups in total. The van der Waals surface area contributed by atoms with Crippen molar-refractivity contribution in [3.8, 4) is 0 Å². The lowest BCUT2D eigenvalue weighted by molar-refractivity contribution is 0.738. The minimum absolute atomic E-state index is 1.08. The number of hydrogen-bond donors (Lipinski definition) is 0. The molecule has 0 aromatic heterocycles. The Balaban J connectivity index is 3.21. The normalized spacial score (nSPS) is 12.1. The Kier molecular flexibility index (Phi) is 6.68. The Labute approximate surface area is 65.3 Å². The highest BCUT2D eigenvalue weighted by molar-refractivity contribution is 4.96. The molecular formula is C10H19. The number of hydrogen-bond acceptors (Lipinski definition) is 0. The molecule has 0 aliphatic rings. The fourth-order valence-electron chi connectivity index (χ4n) is 1.03. The van der Waals surface area contributed by atoms with Gasteiger partial charge in [-0.15, -0.1) is 0 Å². The van der Waals surface area contributed by atoms with Crippen molar-refractivity contribution < 1.29 is 0 Å². The Morgan fingerprint density at radius 3 is 2.60 bits per heavy atom. The van der Waals surface area contributed by atoms with Crippen molar-refractivity contribution in [1.82, 2.24) is 0 Å². The average molecular weight is 139 g/mol. The van der Waals surface area contributed by atoms with E-state index in [4.69, 9.17) is 0 Å². The minimum atomic E-state index is 1.08. The molecule has 0 heteroatoms. The molecule has 0 aliphatic carbocycles. The molecule has 1 radical (unpaired) electrons. The van der Waals surface area contributed by atoms with E-state index in [2.05, 4.69) is 26.8 Å². The summed E-state index contributed by atoms with van der Waals surface area (Å²) in [6.07, 6.45) is 8.42. The van der Waals surface area contributed by atoms with Gasteiger partial charge in [-0.2, -0.15) is 0 Å². The molecule has 0 spiro atoms. The molecule has 0 aromatic rings. The molecule has 0 amide bonds. The quantitative estimate of drug-likeness (QED) is 0.402. The molecule has 0 heterocycles. The molecule has 0 rings (SSSR count). The maximum atomic E-state index is 3.81. The summed E-state index contributed by atoms with van der Waals surface area (Å²) in [5.41, 5.74) is 1.54. The summed E-state index contributed by atoms with van der Waals surface area (Å²) in [6.45, 7) is 8.21. The summed E-state index contributed by atoms with van der Waals surface area (Å²) in [6, 6.07) is 0. The van der Waals surface area contributed by atoms with Crippen LogP contribution in [0.5, 0.6) is 0 Å². The molecule has 0 unspecified atom stereocenters. The van der Waals surface area contributed by atoms with Gasteiger partial charge in [-0.3, -0.25) is 0 Å². The van der Waals surface area contributed by atoms with Crippen LogP contribution in [0, 0.1) is 6.92 Å². The second kappa shape index (κ2) is 6.85. The van der Waals surface area contributed by atoms with E-state index in [1.807, 2.05) is 0 Å². The standard InChI is InChI=1S/C10H19/c1-4-6-7-9-10(3)8-5-2/h8H,1,4-7,9H2,2-3H3/b10-8+. The zero-order valence-corrected chi connectivity index (χ0v) is 7.32. The lowest BCUT2D eigenvalue weighted by Crippen LogP contribution is -1.78. The SMILES string of the molecule is [CH2]CCCC/C(C)=C/CC. The van der Waals surface area contributed by atoms with E-state index in [-0.39, 0.29) is 0 Å². The smallest absolute Gasteiger partial charge is 0.0323 e. The van der Waals surface area contributed by atoms with Crippen molar-refractivity contribution in [1.29, 1.82) is 0 Å². The monoisotopic (exact) mass is 139 g/mol. The van der Waals surface area contributed by atoms with Crippen molar-refractivity contribution in [2.75, 3.05) is 0 Å². The highest BCUT2D eigenvalue weighted by atomic mass is 13.9. The molecule has 0 aliphatic heterocycles. The van der Waals surface area contributed by atoms with E-state index in [9.17, 15) is 0 Å². The molecule has 59 valence electrons. The fraction of sp³-hybridized carbons (Fsp3) is 0.700. The van der Waals surface area contributed by atoms with Gasteiger partial charge in [0.15, 0.2) is 0 Å². The first kappa shape index (κ1) is 9.74. The van der Waals surface area contributed by atoms with E-state index < -0.39 is 0 Å². The van der Waals surface area contributed by atoms with Gasteiger partial charge >= 0.3 is 0 Å². The molecule has 0 saturated heterocycles. The summed E-state index contributed by atoms with van der Waals surface area (Å²) < 4.78 is 0. The van der Waals surface area contributed by atoms with Crippen LogP contribution in [0.2, 0.25) is 0 Å². The van der Waals surface area contributed by atoms with Gasteiger partial charge in [0.1, 0.15) is 0 Å². The highest BCUT2D eigenvalue weighted by Crippen LogP contribution is 2.07. The zero-order chi connectivity index (χ0) is 7.82. The van der Waals surface area contributed by atoms with Crippen molar-refractivity contribution in [2.45, 2.75) is 46.0 Å². The van der Waals surface area contributed by atoms with E-state index in [0.29, 0.717) is 0 Å². The topological polar surface area (TPSA) is 0 Å². The van der Waals surface area contributed by atoms with Gasteiger partial charge in [0, 0.05) is 0 Å². The third-order valence-electron chi connectivity index (χ3n) is 1.62. The summed E-state index contributed by atoms with van der Waals surface area (Å²) in [4.78, 5) is 0. The van der Waals surface area contributed by atoms with E-state index in [1.165, 1.54) is 31.3 Å². The summed E-state index contributed by atoms with van der Waals surface area (Å²) in [7, 11) is 0. The Bertz CT molecular complexity index is 90.2. The van der Waals surface area contributed by atoms with Gasteiger partial charge in [-0.05, 0) is 26.2 Å². The second-order valence-electron chi connectivity index (χ2n) is 2.77. The predicted octanol–water partition coefficient (Wildman–Crippen LogP) is 3.74. The molecule has 0 bridgehead atoms. The minimum Gasteiger partial charge on any atom is -0.0859 e. The van der Waals surface area contributed by atoms with Gasteiger partial charge in [0.2, 0.25) is 0 Å². The van der Waals surface area contributed by atoms with Crippen molar-refractivity contribution in [3.05, 3.63) is 18.6 Å². The fourth-order valence-corrected chi connectivity index (χ4v) is 1.03. The van der Waals surface area contributed by atoms with E-state index in [1.54, 1.807) is 0 Å². The van der Waals surface area contributed by atoms with Gasteiger partial charge in [0.25, 0.3) is 0 Å². The van der Waals surface area contributed by atoms with Crippen LogP contribution in [-0.4, -0.2) is 0 Å². The Morgan fingerprint density at radius 2 is 2.10 bits per heavy atom. The Hall–Kier alpha value is -0.260. The van der Waals surface area contributed by atoms with Crippen molar-refractivity contribution in [2.24, 2.45) is 0 Å². The van der Waals surface area contributed by atoms with Gasteiger partial charge in [0.05, 0.1) is 0 Å². The predicted molar refractivity (Wildman–Crippen MR) is 47.9 cm³/mol. The van der Waals surface area contributed by atoms with Crippen molar-refractivity contribution >= 4 is 0 Å². The lowest BCUT2D eigenvalue weighted by Gasteiger charge is -1.98. The molecule has 10 heavy (non-hydrogen) atoms. The van der Waals surface area contributed by atoms with Crippen LogP contribution in [0.15, 0.2) is 11.6 Å².